The van der Waals surface area contributed by atoms with Crippen LogP contribution in [0, 0.1) is 6.92 Å². The molecule has 0 unspecified atom stereocenters. The summed E-state index contributed by atoms with van der Waals surface area (Å²) in [6, 6.07) is 13.4. The zero-order chi connectivity index (χ0) is 14.5. The summed E-state index contributed by atoms with van der Waals surface area (Å²) in [6.07, 6.45) is 0.810. The molecule has 0 aromatic heterocycles. The quantitative estimate of drug-likeness (QED) is 0.869. The van der Waals surface area contributed by atoms with Crippen LogP contribution >= 0.6 is 27.5 Å². The molecule has 0 saturated heterocycles. The van der Waals surface area contributed by atoms with E-state index < -0.39 is 0 Å². The summed E-state index contributed by atoms with van der Waals surface area (Å²) in [4.78, 5) is 12.1. The zero-order valence-corrected chi connectivity index (χ0v) is 13.5. The highest BCUT2D eigenvalue weighted by Crippen LogP contribution is 2.20. The van der Waals surface area contributed by atoms with Gasteiger partial charge in [-0.1, -0.05) is 51.8 Å². The lowest BCUT2D eigenvalue weighted by Crippen LogP contribution is -2.26. The predicted molar refractivity (Wildman–Crippen MR) is 86.4 cm³/mol. The highest BCUT2D eigenvalue weighted by Gasteiger charge is 2.10. The van der Waals surface area contributed by atoms with Gasteiger partial charge in [-0.3, -0.25) is 4.79 Å². The fourth-order valence-electron chi connectivity index (χ4n) is 1.97. The number of hydrogen-bond acceptors (Lipinski definition) is 1. The molecule has 1 amide bonds. The molecular weight excluding hydrogens is 338 g/mol. The molecule has 0 spiro atoms. The fourth-order valence-corrected chi connectivity index (χ4v) is 2.53. The summed E-state index contributed by atoms with van der Waals surface area (Å²) < 4.78 is 0.839. The maximum atomic E-state index is 12.1. The van der Waals surface area contributed by atoms with Crippen LogP contribution in [-0.2, 0) is 6.42 Å². The Bertz CT molecular complexity index is 628. The van der Waals surface area contributed by atoms with E-state index in [1.165, 1.54) is 11.1 Å². The molecule has 4 heteroatoms. The van der Waals surface area contributed by atoms with Gasteiger partial charge in [0.15, 0.2) is 0 Å². The van der Waals surface area contributed by atoms with Gasteiger partial charge < -0.3 is 5.32 Å². The molecule has 2 aromatic carbocycles. The van der Waals surface area contributed by atoms with Gasteiger partial charge in [0.2, 0.25) is 0 Å². The largest absolute Gasteiger partial charge is 0.352 e. The molecule has 2 rings (SSSR count). The number of halogens is 2. The number of rotatable bonds is 4. The third-order valence-corrected chi connectivity index (χ3v) is 3.94. The Morgan fingerprint density at radius 2 is 2.00 bits per heavy atom. The van der Waals surface area contributed by atoms with Crippen LogP contribution in [0.25, 0.3) is 0 Å². The Labute approximate surface area is 132 Å². The second kappa shape index (κ2) is 6.91. The van der Waals surface area contributed by atoms with Crippen molar-refractivity contribution < 1.29 is 4.79 Å². The van der Waals surface area contributed by atoms with Crippen molar-refractivity contribution in [2.45, 2.75) is 13.3 Å². The molecular formula is C16H15BrClNO. The highest BCUT2D eigenvalue weighted by molar-refractivity contribution is 9.10. The van der Waals surface area contributed by atoms with Crippen molar-refractivity contribution in [1.29, 1.82) is 0 Å². The maximum Gasteiger partial charge on any atom is 0.252 e. The molecule has 2 aromatic rings. The van der Waals surface area contributed by atoms with Gasteiger partial charge in [0.05, 0.1) is 10.6 Å². The van der Waals surface area contributed by atoms with E-state index in [0.29, 0.717) is 17.1 Å². The average molecular weight is 353 g/mol. The minimum Gasteiger partial charge on any atom is -0.352 e. The van der Waals surface area contributed by atoms with Crippen molar-refractivity contribution >= 4 is 33.4 Å². The molecule has 1 N–H and O–H groups in total. The third-order valence-electron chi connectivity index (χ3n) is 3.11. The van der Waals surface area contributed by atoms with Crippen LogP contribution in [0.2, 0.25) is 5.02 Å². The van der Waals surface area contributed by atoms with Crippen molar-refractivity contribution in [2.75, 3.05) is 6.54 Å². The fraction of sp³-hybridized carbons (Fsp3) is 0.188. The minimum absolute atomic E-state index is 0.148. The summed E-state index contributed by atoms with van der Waals surface area (Å²) in [5, 5.41) is 3.36. The number of carbonyl (C=O) groups excluding carboxylic acids is 1. The zero-order valence-electron chi connectivity index (χ0n) is 11.1. The lowest BCUT2D eigenvalue weighted by atomic mass is 10.1. The van der Waals surface area contributed by atoms with E-state index in [1.54, 1.807) is 12.1 Å². The van der Waals surface area contributed by atoms with E-state index in [2.05, 4.69) is 40.3 Å². The van der Waals surface area contributed by atoms with Crippen molar-refractivity contribution in [3.63, 3.8) is 0 Å². The molecule has 2 nitrogen and oxygen atoms in total. The Hall–Kier alpha value is -1.32. The highest BCUT2D eigenvalue weighted by atomic mass is 79.9. The minimum atomic E-state index is -0.148. The molecule has 0 fully saturated rings. The van der Waals surface area contributed by atoms with Crippen molar-refractivity contribution in [3.8, 4) is 0 Å². The van der Waals surface area contributed by atoms with E-state index in [4.69, 9.17) is 11.6 Å². The molecule has 0 radical (unpaired) electrons. The molecule has 0 aliphatic carbocycles. The van der Waals surface area contributed by atoms with Crippen LogP contribution in [-0.4, -0.2) is 12.5 Å². The van der Waals surface area contributed by atoms with Crippen LogP contribution in [0.5, 0.6) is 0 Å². The number of amides is 1. The van der Waals surface area contributed by atoms with Gasteiger partial charge in [-0.25, -0.2) is 0 Å². The van der Waals surface area contributed by atoms with E-state index >= 15 is 0 Å². The van der Waals surface area contributed by atoms with Gasteiger partial charge in [-0.2, -0.15) is 0 Å². The Morgan fingerprint density at radius 1 is 1.25 bits per heavy atom. The SMILES string of the molecule is Cc1ccccc1CCNC(=O)c1cc(Br)ccc1Cl. The van der Waals surface area contributed by atoms with Crippen LogP contribution in [0.15, 0.2) is 46.9 Å². The molecule has 0 aliphatic rings. The molecule has 0 saturated carbocycles. The van der Waals surface area contributed by atoms with Crippen LogP contribution in [0.3, 0.4) is 0 Å². The standard InChI is InChI=1S/C16H15BrClNO/c1-11-4-2-3-5-12(11)8-9-19-16(20)14-10-13(17)6-7-15(14)18/h2-7,10H,8-9H2,1H3,(H,19,20). The molecule has 0 aliphatic heterocycles. The normalized spacial score (nSPS) is 10.3. The van der Waals surface area contributed by atoms with Crippen molar-refractivity contribution in [1.82, 2.24) is 5.32 Å². The van der Waals surface area contributed by atoms with Gasteiger partial charge >= 0.3 is 0 Å². The second-order valence-corrected chi connectivity index (χ2v) is 5.88. The lowest BCUT2D eigenvalue weighted by Gasteiger charge is -2.09. The first kappa shape index (κ1) is 15.1. The Morgan fingerprint density at radius 3 is 2.75 bits per heavy atom. The van der Waals surface area contributed by atoms with Crippen LogP contribution in [0.1, 0.15) is 21.5 Å². The molecule has 0 heterocycles. The van der Waals surface area contributed by atoms with Gasteiger partial charge in [0, 0.05) is 11.0 Å². The summed E-state index contributed by atoms with van der Waals surface area (Å²) >= 11 is 9.37. The predicted octanol–water partition coefficient (Wildman–Crippen LogP) is 4.38. The summed E-state index contributed by atoms with van der Waals surface area (Å²) in [7, 11) is 0. The van der Waals surface area contributed by atoms with Gasteiger partial charge in [-0.15, -0.1) is 0 Å². The number of aryl methyl sites for hydroxylation is 1. The first-order valence-corrected chi connectivity index (χ1v) is 7.53. The van der Waals surface area contributed by atoms with Gasteiger partial charge in [0.25, 0.3) is 5.91 Å². The van der Waals surface area contributed by atoms with E-state index in [1.807, 2.05) is 18.2 Å². The summed E-state index contributed by atoms with van der Waals surface area (Å²) in [6.45, 7) is 2.66. The van der Waals surface area contributed by atoms with E-state index in [-0.39, 0.29) is 5.91 Å². The van der Waals surface area contributed by atoms with E-state index in [9.17, 15) is 4.79 Å². The van der Waals surface area contributed by atoms with Crippen molar-refractivity contribution in [3.05, 3.63) is 68.7 Å². The van der Waals surface area contributed by atoms with E-state index in [0.717, 1.165) is 10.9 Å². The Balaban J connectivity index is 1.96. The number of nitrogens with one attached hydrogen (secondary N) is 1. The van der Waals surface area contributed by atoms with Gasteiger partial charge in [-0.05, 0) is 42.7 Å². The number of carbonyl (C=O) groups is 1. The molecule has 0 bridgehead atoms. The number of hydrogen-bond donors (Lipinski definition) is 1. The topological polar surface area (TPSA) is 29.1 Å². The van der Waals surface area contributed by atoms with Crippen LogP contribution in [0.4, 0.5) is 0 Å². The number of benzene rings is 2. The second-order valence-electron chi connectivity index (χ2n) is 4.56. The van der Waals surface area contributed by atoms with Gasteiger partial charge in [0.1, 0.15) is 0 Å². The van der Waals surface area contributed by atoms with Crippen LogP contribution < -0.4 is 5.32 Å². The average Bonchev–Trinajstić information content (AvgIpc) is 2.43. The Kier molecular flexibility index (Phi) is 5.21. The first-order valence-electron chi connectivity index (χ1n) is 6.35. The summed E-state index contributed by atoms with van der Waals surface area (Å²) in [5.74, 6) is -0.148. The molecule has 0 atom stereocenters. The van der Waals surface area contributed by atoms with Crippen molar-refractivity contribution in [2.24, 2.45) is 0 Å². The smallest absolute Gasteiger partial charge is 0.252 e. The molecule has 104 valence electrons. The lowest BCUT2D eigenvalue weighted by molar-refractivity contribution is 0.0954. The first-order chi connectivity index (χ1) is 9.58. The summed E-state index contributed by atoms with van der Waals surface area (Å²) in [5.41, 5.74) is 2.97. The monoisotopic (exact) mass is 351 g/mol. The maximum absolute atomic E-state index is 12.1. The molecule has 20 heavy (non-hydrogen) atoms. The third kappa shape index (κ3) is 3.84.